The summed E-state index contributed by atoms with van der Waals surface area (Å²) in [7, 11) is 0. The second-order valence-electron chi connectivity index (χ2n) is 8.30. The van der Waals surface area contributed by atoms with Crippen molar-refractivity contribution in [2.24, 2.45) is 0 Å². The van der Waals surface area contributed by atoms with Crippen LogP contribution in [-0.4, -0.2) is 58.2 Å². The van der Waals surface area contributed by atoms with E-state index in [-0.39, 0.29) is 35.4 Å². The lowest BCUT2D eigenvalue weighted by atomic mass is 10.00. The van der Waals surface area contributed by atoms with Crippen LogP contribution in [-0.2, 0) is 20.7 Å². The van der Waals surface area contributed by atoms with Crippen LogP contribution in [0, 0.1) is 0 Å². The number of benzene rings is 2. The number of nitrogens with one attached hydrogen (secondary N) is 1. The number of allylic oxidation sites excluding steroid dienone is 1. The van der Waals surface area contributed by atoms with Crippen LogP contribution in [0.4, 0.5) is 4.79 Å². The van der Waals surface area contributed by atoms with Crippen molar-refractivity contribution in [1.29, 1.82) is 0 Å². The second-order valence-corrected chi connectivity index (χ2v) is 8.30. The number of fused-ring (bicyclic) bond motifs is 1. The largest absolute Gasteiger partial charge is 0.463 e. The van der Waals surface area contributed by atoms with Gasteiger partial charge in [-0.3, -0.25) is 19.3 Å². The van der Waals surface area contributed by atoms with E-state index in [1.165, 1.54) is 19.1 Å². The molecule has 2 aromatic carbocycles. The van der Waals surface area contributed by atoms with Crippen molar-refractivity contribution in [1.82, 2.24) is 15.1 Å². The van der Waals surface area contributed by atoms with Crippen molar-refractivity contribution in [3.8, 4) is 0 Å². The Balaban J connectivity index is 1.79. The summed E-state index contributed by atoms with van der Waals surface area (Å²) < 4.78 is 5.11. The lowest BCUT2D eigenvalue weighted by Crippen LogP contribution is -2.58. The smallest absolute Gasteiger partial charge is 0.337 e. The Morgan fingerprint density at radius 1 is 0.971 bits per heavy atom. The van der Waals surface area contributed by atoms with Gasteiger partial charge in [0.2, 0.25) is 0 Å². The van der Waals surface area contributed by atoms with Crippen LogP contribution in [0.25, 0.3) is 0 Å². The van der Waals surface area contributed by atoms with Crippen LogP contribution in [0.5, 0.6) is 0 Å². The molecule has 0 fully saturated rings. The fourth-order valence-corrected chi connectivity index (χ4v) is 4.47. The molecule has 2 atom stereocenters. The third kappa shape index (κ3) is 4.21. The third-order valence-corrected chi connectivity index (χ3v) is 6.11. The first-order valence-electron chi connectivity index (χ1n) is 11.3. The zero-order valence-corrected chi connectivity index (χ0v) is 19.6. The van der Waals surface area contributed by atoms with E-state index in [2.05, 4.69) is 5.32 Å². The predicted molar refractivity (Wildman–Crippen MR) is 125 cm³/mol. The molecular formula is C26H25N3O6. The molecule has 0 radical (unpaired) electrons. The molecule has 0 aliphatic carbocycles. The Bertz CT molecular complexity index is 1220. The molecule has 2 heterocycles. The van der Waals surface area contributed by atoms with Gasteiger partial charge in [-0.2, -0.15) is 0 Å². The molecule has 4 rings (SSSR count). The molecule has 0 aromatic heterocycles. The number of amides is 5. The van der Waals surface area contributed by atoms with Crippen LogP contribution in [0.3, 0.4) is 0 Å². The minimum atomic E-state index is -1.32. The van der Waals surface area contributed by atoms with Gasteiger partial charge in [-0.25, -0.2) is 14.5 Å². The maximum Gasteiger partial charge on any atom is 0.337 e. The number of rotatable bonds is 6. The van der Waals surface area contributed by atoms with Crippen LogP contribution in [0.1, 0.15) is 47.1 Å². The summed E-state index contributed by atoms with van der Waals surface area (Å²) in [6.45, 7) is 4.86. The Morgan fingerprint density at radius 2 is 1.54 bits per heavy atom. The molecule has 0 spiro atoms. The van der Waals surface area contributed by atoms with Gasteiger partial charge in [0.05, 0.1) is 29.3 Å². The topological polar surface area (TPSA) is 113 Å². The molecule has 0 bridgehead atoms. The molecular weight excluding hydrogens is 450 g/mol. The molecule has 0 unspecified atom stereocenters. The van der Waals surface area contributed by atoms with E-state index in [1.807, 2.05) is 0 Å². The Hall–Kier alpha value is -4.27. The summed E-state index contributed by atoms with van der Waals surface area (Å²) in [6, 6.07) is 12.5. The molecule has 0 saturated heterocycles. The van der Waals surface area contributed by atoms with E-state index in [9.17, 15) is 24.0 Å². The van der Waals surface area contributed by atoms with Gasteiger partial charge in [0, 0.05) is 12.1 Å². The summed E-state index contributed by atoms with van der Waals surface area (Å²) in [5, 5.41) is 2.60. The molecule has 1 N–H and O–H groups in total. The molecule has 9 nitrogen and oxygen atoms in total. The van der Waals surface area contributed by atoms with Crippen molar-refractivity contribution < 1.29 is 28.7 Å². The predicted octanol–water partition coefficient (Wildman–Crippen LogP) is 2.67. The summed E-state index contributed by atoms with van der Waals surface area (Å²) in [5.74, 6) is -2.68. The number of esters is 1. The highest BCUT2D eigenvalue weighted by atomic mass is 16.5. The highest BCUT2D eigenvalue weighted by Gasteiger charge is 2.47. The molecule has 35 heavy (non-hydrogen) atoms. The maximum atomic E-state index is 13.9. The first kappa shape index (κ1) is 23.9. The first-order chi connectivity index (χ1) is 16.8. The number of nitrogens with zero attached hydrogens (tertiary/aromatic N) is 2. The minimum absolute atomic E-state index is 0.00745. The van der Waals surface area contributed by atoms with Crippen molar-refractivity contribution in [2.75, 3.05) is 6.61 Å². The SMILES string of the molecule is CCOC(=O)C1=C(C)N(C(=O)[C@H](Cc2ccccc2)N2C(=O)c3ccccc3C2=O)C(=O)N[C@@H]1C. The third-order valence-electron chi connectivity index (χ3n) is 6.11. The molecule has 2 aromatic rings. The summed E-state index contributed by atoms with van der Waals surface area (Å²) in [6.07, 6.45) is -0.00745. The monoisotopic (exact) mass is 475 g/mol. The summed E-state index contributed by atoms with van der Waals surface area (Å²) in [5.41, 5.74) is 1.31. The van der Waals surface area contributed by atoms with Crippen LogP contribution in [0.2, 0.25) is 0 Å². The zero-order chi connectivity index (χ0) is 25.3. The summed E-state index contributed by atoms with van der Waals surface area (Å²) >= 11 is 0. The lowest BCUT2D eigenvalue weighted by Gasteiger charge is -2.36. The highest BCUT2D eigenvalue weighted by molar-refractivity contribution is 6.23. The number of hydrogen-bond donors (Lipinski definition) is 1. The van der Waals surface area contributed by atoms with E-state index in [0.717, 1.165) is 9.80 Å². The number of ether oxygens (including phenoxy) is 1. The van der Waals surface area contributed by atoms with Crippen molar-refractivity contribution in [2.45, 2.75) is 39.3 Å². The minimum Gasteiger partial charge on any atom is -0.463 e. The fraction of sp³-hybridized carbons (Fsp3) is 0.269. The van der Waals surface area contributed by atoms with Crippen LogP contribution >= 0.6 is 0 Å². The first-order valence-corrected chi connectivity index (χ1v) is 11.3. The molecule has 9 heteroatoms. The number of imide groups is 2. The van der Waals surface area contributed by atoms with E-state index in [4.69, 9.17) is 4.74 Å². The Labute approximate surface area is 202 Å². The van der Waals surface area contributed by atoms with Gasteiger partial charge in [0.1, 0.15) is 6.04 Å². The van der Waals surface area contributed by atoms with E-state index < -0.39 is 41.8 Å². The van der Waals surface area contributed by atoms with Crippen LogP contribution < -0.4 is 5.32 Å². The van der Waals surface area contributed by atoms with Gasteiger partial charge >= 0.3 is 12.0 Å². The quantitative estimate of drug-likeness (QED) is 0.508. The standard InChI is InChI=1S/C26H25N3O6/c1-4-35-25(33)21-15(2)27-26(34)28(16(21)3)24(32)20(14-17-10-6-5-7-11-17)29-22(30)18-12-8-9-13-19(18)23(29)31/h5-13,15,20H,4,14H2,1-3H3,(H,27,34)/t15-,20+/m1/s1. The molecule has 2 aliphatic rings. The normalized spacial score (nSPS) is 18.4. The summed E-state index contributed by atoms with van der Waals surface area (Å²) in [4.78, 5) is 67.7. The Kier molecular flexibility index (Phi) is 6.50. The molecule has 180 valence electrons. The zero-order valence-electron chi connectivity index (χ0n) is 19.6. The van der Waals surface area contributed by atoms with Gasteiger partial charge in [-0.1, -0.05) is 42.5 Å². The van der Waals surface area contributed by atoms with E-state index in [0.29, 0.717) is 5.56 Å². The van der Waals surface area contributed by atoms with Crippen LogP contribution in [0.15, 0.2) is 65.9 Å². The van der Waals surface area contributed by atoms with E-state index >= 15 is 0 Å². The van der Waals surface area contributed by atoms with Crippen molar-refractivity contribution in [3.05, 3.63) is 82.6 Å². The number of hydrogen-bond acceptors (Lipinski definition) is 6. The lowest BCUT2D eigenvalue weighted by molar-refractivity contribution is -0.139. The van der Waals surface area contributed by atoms with Crippen molar-refractivity contribution >= 4 is 29.7 Å². The average Bonchev–Trinajstić information content (AvgIpc) is 3.08. The van der Waals surface area contributed by atoms with Gasteiger partial charge in [0.25, 0.3) is 17.7 Å². The molecule has 0 saturated carbocycles. The maximum absolute atomic E-state index is 13.9. The fourth-order valence-electron chi connectivity index (χ4n) is 4.47. The average molecular weight is 476 g/mol. The number of urea groups is 1. The molecule has 5 amide bonds. The van der Waals surface area contributed by atoms with Gasteiger partial charge in [-0.15, -0.1) is 0 Å². The van der Waals surface area contributed by atoms with E-state index in [1.54, 1.807) is 56.3 Å². The number of carbonyl (C=O) groups is 5. The van der Waals surface area contributed by atoms with Gasteiger partial charge in [-0.05, 0) is 38.5 Å². The Morgan fingerprint density at radius 3 is 2.11 bits per heavy atom. The number of carbonyl (C=O) groups excluding carboxylic acids is 5. The second kappa shape index (κ2) is 9.54. The van der Waals surface area contributed by atoms with Crippen molar-refractivity contribution in [3.63, 3.8) is 0 Å². The highest BCUT2D eigenvalue weighted by Crippen LogP contribution is 2.29. The van der Waals surface area contributed by atoms with Gasteiger partial charge < -0.3 is 10.1 Å². The molecule has 2 aliphatic heterocycles. The van der Waals surface area contributed by atoms with Gasteiger partial charge in [0.15, 0.2) is 0 Å².